The molecule has 1 aromatic carbocycles. The van der Waals surface area contributed by atoms with Gasteiger partial charge in [-0.1, -0.05) is 50.0 Å². The number of amides is 1. The third-order valence-corrected chi connectivity index (χ3v) is 4.87. The Bertz CT molecular complexity index is 655. The van der Waals surface area contributed by atoms with Gasteiger partial charge in [-0.2, -0.15) is 0 Å². The van der Waals surface area contributed by atoms with Gasteiger partial charge in [-0.05, 0) is 12.1 Å². The summed E-state index contributed by atoms with van der Waals surface area (Å²) in [6.07, 6.45) is 1.08. The van der Waals surface area contributed by atoms with Crippen LogP contribution in [0.4, 0.5) is 5.69 Å². The largest absolute Gasteiger partial charge is 0.354 e. The number of sulfonamides is 1. The highest BCUT2D eigenvalue weighted by Crippen LogP contribution is 2.33. The Balaban J connectivity index is 2.93. The monoisotopic (exact) mass is 366 g/mol. The van der Waals surface area contributed by atoms with Gasteiger partial charge >= 0.3 is 0 Å². The van der Waals surface area contributed by atoms with E-state index in [2.05, 4.69) is 5.32 Å². The Morgan fingerprint density at radius 1 is 1.27 bits per heavy atom. The molecule has 1 rings (SSSR count). The maximum Gasteiger partial charge on any atom is 0.232 e. The maximum atomic E-state index is 12.0. The molecule has 0 atom stereocenters. The zero-order valence-corrected chi connectivity index (χ0v) is 15.3. The van der Waals surface area contributed by atoms with E-state index in [0.29, 0.717) is 5.69 Å². The summed E-state index contributed by atoms with van der Waals surface area (Å²) in [5.41, 5.74) is -0.245. The molecule has 0 spiro atoms. The molecule has 0 aliphatic carbocycles. The van der Waals surface area contributed by atoms with Crippen molar-refractivity contribution >= 4 is 44.8 Å². The summed E-state index contributed by atoms with van der Waals surface area (Å²) >= 11 is 12.0. The first-order chi connectivity index (χ1) is 9.94. The van der Waals surface area contributed by atoms with Crippen LogP contribution in [0.25, 0.3) is 0 Å². The topological polar surface area (TPSA) is 66.5 Å². The Morgan fingerprint density at radius 3 is 2.36 bits per heavy atom. The van der Waals surface area contributed by atoms with Crippen molar-refractivity contribution in [3.05, 3.63) is 28.2 Å². The Hall–Kier alpha value is -0.980. The molecule has 0 unspecified atom stereocenters. The van der Waals surface area contributed by atoms with Crippen molar-refractivity contribution in [3.63, 3.8) is 0 Å². The number of rotatable bonds is 5. The van der Waals surface area contributed by atoms with Gasteiger partial charge in [0.1, 0.15) is 0 Å². The standard InChI is InChI=1S/C14H20Cl2N2O3S/c1-14(2,3)13(19)17-8-9-18(22(4,20)21)11-7-5-6-10(15)12(11)16/h5-7H,8-9H2,1-4H3,(H,17,19). The molecule has 22 heavy (non-hydrogen) atoms. The second kappa shape index (κ2) is 7.06. The summed E-state index contributed by atoms with van der Waals surface area (Å²) < 4.78 is 25.1. The predicted octanol–water partition coefficient (Wildman–Crippen LogP) is 2.92. The molecule has 1 N–H and O–H groups in total. The molecule has 0 aromatic heterocycles. The molecule has 1 aromatic rings. The quantitative estimate of drug-likeness (QED) is 0.870. The van der Waals surface area contributed by atoms with E-state index in [9.17, 15) is 13.2 Å². The highest BCUT2D eigenvalue weighted by atomic mass is 35.5. The lowest BCUT2D eigenvalue weighted by Gasteiger charge is -2.25. The number of nitrogens with one attached hydrogen (secondary N) is 1. The number of hydrogen-bond acceptors (Lipinski definition) is 3. The maximum absolute atomic E-state index is 12.0. The smallest absolute Gasteiger partial charge is 0.232 e. The Kier molecular flexibility index (Phi) is 6.12. The van der Waals surface area contributed by atoms with Crippen LogP contribution in [0.3, 0.4) is 0 Å². The molecule has 0 fully saturated rings. The fraction of sp³-hybridized carbons (Fsp3) is 0.500. The minimum Gasteiger partial charge on any atom is -0.354 e. The van der Waals surface area contributed by atoms with Gasteiger partial charge in [0.15, 0.2) is 0 Å². The molecule has 0 radical (unpaired) electrons. The van der Waals surface area contributed by atoms with Crippen LogP contribution in [0.5, 0.6) is 0 Å². The number of carbonyl (C=O) groups is 1. The van der Waals surface area contributed by atoms with Crippen LogP contribution in [-0.4, -0.2) is 33.7 Å². The Labute approximate surface area is 141 Å². The van der Waals surface area contributed by atoms with Crippen LogP contribution in [-0.2, 0) is 14.8 Å². The lowest BCUT2D eigenvalue weighted by Crippen LogP contribution is -2.41. The van der Waals surface area contributed by atoms with Crippen molar-refractivity contribution < 1.29 is 13.2 Å². The van der Waals surface area contributed by atoms with E-state index in [1.165, 1.54) is 0 Å². The molecule has 0 bridgehead atoms. The fourth-order valence-electron chi connectivity index (χ4n) is 1.69. The van der Waals surface area contributed by atoms with Crippen LogP contribution in [0.2, 0.25) is 10.0 Å². The predicted molar refractivity (Wildman–Crippen MR) is 91.1 cm³/mol. The number of hydrogen-bond donors (Lipinski definition) is 1. The van der Waals surface area contributed by atoms with Gasteiger partial charge in [-0.15, -0.1) is 0 Å². The van der Waals surface area contributed by atoms with Crippen LogP contribution in [0.1, 0.15) is 20.8 Å². The third kappa shape index (κ3) is 5.04. The fourth-order valence-corrected chi connectivity index (χ4v) is 3.07. The minimum absolute atomic E-state index is 0.0702. The van der Waals surface area contributed by atoms with Gasteiger partial charge in [0, 0.05) is 12.0 Å². The summed E-state index contributed by atoms with van der Waals surface area (Å²) in [6.45, 7) is 5.59. The lowest BCUT2D eigenvalue weighted by molar-refractivity contribution is -0.128. The summed E-state index contributed by atoms with van der Waals surface area (Å²) in [4.78, 5) is 11.8. The molecule has 0 aliphatic rings. The zero-order valence-electron chi connectivity index (χ0n) is 13.0. The normalized spacial score (nSPS) is 12.1. The van der Waals surface area contributed by atoms with Gasteiger partial charge in [0.05, 0.1) is 28.5 Å². The molecule has 0 saturated carbocycles. The van der Waals surface area contributed by atoms with Crippen molar-refractivity contribution in [2.75, 3.05) is 23.7 Å². The SMILES string of the molecule is CC(C)(C)C(=O)NCCN(c1cccc(Cl)c1Cl)S(C)(=O)=O. The first kappa shape index (κ1) is 19.1. The molecule has 5 nitrogen and oxygen atoms in total. The number of carbonyl (C=O) groups excluding carboxylic acids is 1. The van der Waals surface area contributed by atoms with Crippen LogP contribution < -0.4 is 9.62 Å². The zero-order chi connectivity index (χ0) is 17.1. The first-order valence-corrected chi connectivity index (χ1v) is 9.25. The molecule has 0 saturated heterocycles. The first-order valence-electron chi connectivity index (χ1n) is 6.64. The summed E-state index contributed by atoms with van der Waals surface area (Å²) in [6, 6.07) is 4.77. The van der Waals surface area contributed by atoms with E-state index in [1.807, 2.05) is 0 Å². The molecule has 0 aliphatic heterocycles. The average molecular weight is 367 g/mol. The molecular weight excluding hydrogens is 347 g/mol. The minimum atomic E-state index is -3.55. The number of benzene rings is 1. The van der Waals surface area contributed by atoms with Crippen molar-refractivity contribution in [2.45, 2.75) is 20.8 Å². The number of anilines is 1. The number of halogens is 2. The van der Waals surface area contributed by atoms with E-state index < -0.39 is 15.4 Å². The van der Waals surface area contributed by atoms with E-state index in [-0.39, 0.29) is 29.0 Å². The lowest BCUT2D eigenvalue weighted by atomic mass is 9.96. The van der Waals surface area contributed by atoms with Crippen molar-refractivity contribution in [1.82, 2.24) is 5.32 Å². The second-order valence-corrected chi connectivity index (χ2v) is 8.61. The van der Waals surface area contributed by atoms with Crippen molar-refractivity contribution in [2.24, 2.45) is 5.41 Å². The van der Waals surface area contributed by atoms with Crippen LogP contribution in [0, 0.1) is 5.41 Å². The van der Waals surface area contributed by atoms with Gasteiger partial charge in [0.2, 0.25) is 15.9 Å². The van der Waals surface area contributed by atoms with Crippen molar-refractivity contribution in [1.29, 1.82) is 0 Å². The van der Waals surface area contributed by atoms with E-state index >= 15 is 0 Å². The third-order valence-electron chi connectivity index (χ3n) is 2.88. The molecule has 124 valence electrons. The van der Waals surface area contributed by atoms with Gasteiger partial charge in [-0.25, -0.2) is 8.42 Å². The summed E-state index contributed by atoms with van der Waals surface area (Å²) in [7, 11) is -3.55. The van der Waals surface area contributed by atoms with Gasteiger partial charge in [-0.3, -0.25) is 9.10 Å². The van der Waals surface area contributed by atoms with Crippen LogP contribution in [0.15, 0.2) is 18.2 Å². The van der Waals surface area contributed by atoms with Crippen LogP contribution >= 0.6 is 23.2 Å². The average Bonchev–Trinajstić information content (AvgIpc) is 2.36. The van der Waals surface area contributed by atoms with Gasteiger partial charge in [0.25, 0.3) is 0 Å². The summed E-state index contributed by atoms with van der Waals surface area (Å²) in [5.74, 6) is -0.154. The molecule has 0 heterocycles. The molecule has 1 amide bonds. The highest BCUT2D eigenvalue weighted by molar-refractivity contribution is 7.92. The van der Waals surface area contributed by atoms with E-state index in [4.69, 9.17) is 23.2 Å². The highest BCUT2D eigenvalue weighted by Gasteiger charge is 2.23. The summed E-state index contributed by atoms with van der Waals surface area (Å²) in [5, 5.41) is 3.14. The Morgan fingerprint density at radius 2 is 1.86 bits per heavy atom. The molecular formula is C14H20Cl2N2O3S. The van der Waals surface area contributed by atoms with E-state index in [1.54, 1.807) is 39.0 Å². The number of nitrogens with zero attached hydrogens (tertiary/aromatic N) is 1. The van der Waals surface area contributed by atoms with Crippen molar-refractivity contribution in [3.8, 4) is 0 Å². The van der Waals surface area contributed by atoms with Gasteiger partial charge < -0.3 is 5.32 Å². The molecule has 8 heteroatoms. The second-order valence-electron chi connectivity index (χ2n) is 5.91. The van der Waals surface area contributed by atoms with E-state index in [0.717, 1.165) is 10.6 Å².